The van der Waals surface area contributed by atoms with Crippen LogP contribution < -0.4 is 5.32 Å². The fourth-order valence-electron chi connectivity index (χ4n) is 2.63. The van der Waals surface area contributed by atoms with Crippen molar-refractivity contribution in [2.45, 2.75) is 32.6 Å². The van der Waals surface area contributed by atoms with E-state index in [9.17, 15) is 9.59 Å². The largest absolute Gasteiger partial charge is 0.481 e. The van der Waals surface area contributed by atoms with Crippen LogP contribution in [0, 0.1) is 18.8 Å². The van der Waals surface area contributed by atoms with Gasteiger partial charge >= 0.3 is 5.97 Å². The van der Waals surface area contributed by atoms with Gasteiger partial charge in [0.15, 0.2) is 0 Å². The fourth-order valence-corrected chi connectivity index (χ4v) is 2.63. The number of aromatic nitrogens is 1. The minimum atomic E-state index is -0.696. The Morgan fingerprint density at radius 1 is 1.30 bits per heavy atom. The second kappa shape index (κ2) is 6.50. The maximum Gasteiger partial charge on any atom is 0.306 e. The van der Waals surface area contributed by atoms with Crippen LogP contribution in [0.5, 0.6) is 0 Å². The molecule has 1 heterocycles. The van der Waals surface area contributed by atoms with Crippen molar-refractivity contribution in [3.05, 3.63) is 29.6 Å². The first kappa shape index (κ1) is 14.5. The highest BCUT2D eigenvalue weighted by Gasteiger charge is 2.26. The lowest BCUT2D eigenvalue weighted by atomic mass is 9.82. The van der Waals surface area contributed by atoms with Crippen LogP contribution in [0.1, 0.15) is 41.6 Å². The molecule has 0 atom stereocenters. The Balaban J connectivity index is 1.79. The second-order valence-electron chi connectivity index (χ2n) is 5.52. The number of carbonyl (C=O) groups excluding carboxylic acids is 1. The molecular weight excluding hydrogens is 256 g/mol. The van der Waals surface area contributed by atoms with Crippen LogP contribution in [0.3, 0.4) is 0 Å². The van der Waals surface area contributed by atoms with E-state index in [0.717, 1.165) is 18.4 Å². The third-order valence-corrected chi connectivity index (χ3v) is 3.88. The van der Waals surface area contributed by atoms with Crippen molar-refractivity contribution in [2.24, 2.45) is 11.8 Å². The predicted octanol–water partition coefficient (Wildman–Crippen LogP) is 2.01. The minimum absolute atomic E-state index is 0.110. The molecule has 1 fully saturated rings. The lowest BCUT2D eigenvalue weighted by molar-refractivity contribution is -0.143. The van der Waals surface area contributed by atoms with Crippen LogP contribution in [-0.2, 0) is 4.79 Å². The Hall–Kier alpha value is -1.91. The Bertz CT molecular complexity index is 494. The Morgan fingerprint density at radius 3 is 2.60 bits per heavy atom. The lowest BCUT2D eigenvalue weighted by Gasteiger charge is -2.26. The summed E-state index contributed by atoms with van der Waals surface area (Å²) in [6, 6.07) is 1.81. The molecule has 1 aliphatic rings. The number of carboxylic acids is 1. The monoisotopic (exact) mass is 276 g/mol. The summed E-state index contributed by atoms with van der Waals surface area (Å²) in [5.41, 5.74) is 1.53. The molecule has 0 spiro atoms. The number of rotatable bonds is 4. The number of aryl methyl sites for hydroxylation is 1. The van der Waals surface area contributed by atoms with Gasteiger partial charge in [0.05, 0.1) is 11.5 Å². The van der Waals surface area contributed by atoms with Crippen LogP contribution in [0.15, 0.2) is 18.5 Å². The van der Waals surface area contributed by atoms with Crippen molar-refractivity contribution in [1.29, 1.82) is 0 Å². The third-order valence-electron chi connectivity index (χ3n) is 3.88. The zero-order valence-corrected chi connectivity index (χ0v) is 11.6. The van der Waals surface area contributed by atoms with Crippen LogP contribution in [-0.4, -0.2) is 28.5 Å². The van der Waals surface area contributed by atoms with Gasteiger partial charge < -0.3 is 10.4 Å². The molecule has 0 aliphatic heterocycles. The van der Waals surface area contributed by atoms with Crippen LogP contribution in [0.2, 0.25) is 0 Å². The summed E-state index contributed by atoms with van der Waals surface area (Å²) >= 11 is 0. The maximum atomic E-state index is 12.0. The molecule has 0 bridgehead atoms. The van der Waals surface area contributed by atoms with Gasteiger partial charge in [-0.05, 0) is 50.2 Å². The molecule has 1 saturated carbocycles. The van der Waals surface area contributed by atoms with E-state index >= 15 is 0 Å². The highest BCUT2D eigenvalue weighted by Crippen LogP contribution is 2.28. The number of amides is 1. The van der Waals surface area contributed by atoms with Gasteiger partial charge in [-0.25, -0.2) is 0 Å². The summed E-state index contributed by atoms with van der Waals surface area (Å²) in [6.07, 6.45) is 6.42. The molecule has 1 aromatic heterocycles. The number of pyridine rings is 1. The zero-order chi connectivity index (χ0) is 14.5. The van der Waals surface area contributed by atoms with Crippen molar-refractivity contribution < 1.29 is 14.7 Å². The average molecular weight is 276 g/mol. The number of nitrogens with zero attached hydrogens (tertiary/aromatic N) is 1. The van der Waals surface area contributed by atoms with Crippen LogP contribution >= 0.6 is 0 Å². The summed E-state index contributed by atoms with van der Waals surface area (Å²) in [5, 5.41) is 11.9. The zero-order valence-electron chi connectivity index (χ0n) is 11.6. The molecule has 108 valence electrons. The number of carboxylic acid groups (broad SMARTS) is 1. The number of hydrogen-bond acceptors (Lipinski definition) is 3. The predicted molar refractivity (Wildman–Crippen MR) is 74.4 cm³/mol. The van der Waals surface area contributed by atoms with Crippen molar-refractivity contribution in [3.63, 3.8) is 0 Å². The van der Waals surface area contributed by atoms with E-state index in [0.29, 0.717) is 30.9 Å². The Kier molecular flexibility index (Phi) is 4.71. The molecule has 5 heteroatoms. The summed E-state index contributed by atoms with van der Waals surface area (Å²) in [5.74, 6) is -0.630. The van der Waals surface area contributed by atoms with E-state index in [1.54, 1.807) is 12.4 Å². The van der Waals surface area contributed by atoms with Gasteiger partial charge in [0.2, 0.25) is 0 Å². The topological polar surface area (TPSA) is 79.3 Å². The van der Waals surface area contributed by atoms with Crippen LogP contribution in [0.4, 0.5) is 0 Å². The number of aliphatic carboxylic acids is 1. The van der Waals surface area contributed by atoms with E-state index in [2.05, 4.69) is 10.3 Å². The number of nitrogens with one attached hydrogen (secondary N) is 1. The molecule has 0 radical (unpaired) electrons. The number of carbonyl (C=O) groups is 2. The summed E-state index contributed by atoms with van der Waals surface area (Å²) in [4.78, 5) is 26.8. The molecule has 1 aliphatic carbocycles. The smallest absolute Gasteiger partial charge is 0.306 e. The average Bonchev–Trinajstić information content (AvgIpc) is 2.45. The van der Waals surface area contributed by atoms with Crippen molar-refractivity contribution >= 4 is 11.9 Å². The minimum Gasteiger partial charge on any atom is -0.481 e. The molecule has 2 N–H and O–H groups in total. The van der Waals surface area contributed by atoms with E-state index in [1.165, 1.54) is 0 Å². The van der Waals surface area contributed by atoms with Gasteiger partial charge in [-0.15, -0.1) is 0 Å². The molecule has 20 heavy (non-hydrogen) atoms. The molecule has 1 amide bonds. The first-order chi connectivity index (χ1) is 9.56. The van der Waals surface area contributed by atoms with Gasteiger partial charge in [0.1, 0.15) is 0 Å². The molecule has 5 nitrogen and oxygen atoms in total. The Labute approximate surface area is 118 Å². The fraction of sp³-hybridized carbons (Fsp3) is 0.533. The first-order valence-electron chi connectivity index (χ1n) is 6.99. The van der Waals surface area contributed by atoms with Gasteiger partial charge in [0.25, 0.3) is 5.91 Å². The molecule has 1 aromatic rings. The van der Waals surface area contributed by atoms with Gasteiger partial charge in [-0.1, -0.05) is 0 Å². The molecule has 2 rings (SSSR count). The molecule has 0 saturated heterocycles. The molecule has 0 unspecified atom stereocenters. The van der Waals surface area contributed by atoms with E-state index in [1.807, 2.05) is 13.0 Å². The van der Waals surface area contributed by atoms with Crippen LogP contribution in [0.25, 0.3) is 0 Å². The second-order valence-corrected chi connectivity index (χ2v) is 5.52. The van der Waals surface area contributed by atoms with Crippen molar-refractivity contribution in [1.82, 2.24) is 10.3 Å². The van der Waals surface area contributed by atoms with Gasteiger partial charge in [-0.3, -0.25) is 14.6 Å². The standard InChI is InChI=1S/C15H20N2O3/c1-10-6-13(9-16-7-10)14(18)17-8-11-2-4-12(5-3-11)15(19)20/h6-7,9,11-12H,2-5,8H2,1H3,(H,17,18)(H,19,20). The lowest BCUT2D eigenvalue weighted by Crippen LogP contribution is -2.32. The summed E-state index contributed by atoms with van der Waals surface area (Å²) < 4.78 is 0. The van der Waals surface area contributed by atoms with Gasteiger partial charge in [-0.2, -0.15) is 0 Å². The normalized spacial score (nSPS) is 22.2. The SMILES string of the molecule is Cc1cncc(C(=O)NCC2CCC(C(=O)O)CC2)c1. The quantitative estimate of drug-likeness (QED) is 0.881. The summed E-state index contributed by atoms with van der Waals surface area (Å²) in [6.45, 7) is 2.51. The van der Waals surface area contributed by atoms with E-state index in [-0.39, 0.29) is 11.8 Å². The molecule has 0 aromatic carbocycles. The third kappa shape index (κ3) is 3.79. The van der Waals surface area contributed by atoms with E-state index in [4.69, 9.17) is 5.11 Å². The molecular formula is C15H20N2O3. The Morgan fingerprint density at radius 2 is 2.00 bits per heavy atom. The highest BCUT2D eigenvalue weighted by atomic mass is 16.4. The summed E-state index contributed by atoms with van der Waals surface area (Å²) in [7, 11) is 0. The highest BCUT2D eigenvalue weighted by molar-refractivity contribution is 5.93. The first-order valence-corrected chi connectivity index (χ1v) is 6.99. The van der Waals surface area contributed by atoms with Crippen molar-refractivity contribution in [3.8, 4) is 0 Å². The van der Waals surface area contributed by atoms with E-state index < -0.39 is 5.97 Å². The maximum absolute atomic E-state index is 12.0. The number of hydrogen-bond donors (Lipinski definition) is 2. The van der Waals surface area contributed by atoms with Crippen molar-refractivity contribution in [2.75, 3.05) is 6.54 Å². The van der Waals surface area contributed by atoms with Gasteiger partial charge in [0, 0.05) is 18.9 Å².